The monoisotopic (exact) mass is 261 g/mol. The second kappa shape index (κ2) is 5.25. The maximum Gasteiger partial charge on any atom is 0.295 e. The van der Waals surface area contributed by atoms with Gasteiger partial charge in [-0.2, -0.15) is 5.10 Å². The molecular weight excluding hydrogens is 250 g/mol. The predicted molar refractivity (Wildman–Crippen MR) is 66.0 cm³/mol. The number of carbonyl (C=O) groups excluding carboxylic acids is 1. The van der Waals surface area contributed by atoms with Crippen molar-refractivity contribution < 1.29 is 9.72 Å². The highest BCUT2D eigenvalue weighted by Crippen LogP contribution is 2.23. The van der Waals surface area contributed by atoms with Crippen LogP contribution in [0.3, 0.4) is 0 Å². The standard InChI is InChI=1S/C11H11N5O3/c1-2-13-11(17)8-3-4-9(10(5-8)16(18)19)15-7-12-6-14-15/h3-7H,2H2,1H3,(H,13,17). The molecule has 0 atom stereocenters. The highest BCUT2D eigenvalue weighted by molar-refractivity contribution is 5.95. The summed E-state index contributed by atoms with van der Waals surface area (Å²) in [6.07, 6.45) is 2.63. The quantitative estimate of drug-likeness (QED) is 0.651. The summed E-state index contributed by atoms with van der Waals surface area (Å²) in [4.78, 5) is 25.9. The Morgan fingerprint density at radius 2 is 2.32 bits per heavy atom. The van der Waals surface area contributed by atoms with Gasteiger partial charge in [-0.25, -0.2) is 9.67 Å². The Morgan fingerprint density at radius 1 is 1.53 bits per heavy atom. The van der Waals surface area contributed by atoms with E-state index in [0.717, 1.165) is 0 Å². The molecule has 0 unspecified atom stereocenters. The number of aromatic nitrogens is 3. The van der Waals surface area contributed by atoms with Crippen LogP contribution in [0.1, 0.15) is 17.3 Å². The zero-order valence-electron chi connectivity index (χ0n) is 10.1. The maximum atomic E-state index is 11.6. The first kappa shape index (κ1) is 12.7. The van der Waals surface area contributed by atoms with Crippen LogP contribution in [-0.2, 0) is 0 Å². The van der Waals surface area contributed by atoms with Crippen molar-refractivity contribution in [2.24, 2.45) is 0 Å². The van der Waals surface area contributed by atoms with Crippen LogP contribution in [-0.4, -0.2) is 32.1 Å². The number of nitrogens with zero attached hydrogens (tertiary/aromatic N) is 4. The van der Waals surface area contributed by atoms with E-state index in [1.165, 1.54) is 35.5 Å². The Balaban J connectivity index is 2.47. The average Bonchev–Trinajstić information content (AvgIpc) is 2.92. The Hall–Kier alpha value is -2.77. The molecule has 0 fully saturated rings. The summed E-state index contributed by atoms with van der Waals surface area (Å²) in [5.41, 5.74) is 0.294. The van der Waals surface area contributed by atoms with Crippen molar-refractivity contribution in [2.75, 3.05) is 6.54 Å². The van der Waals surface area contributed by atoms with Gasteiger partial charge in [-0.3, -0.25) is 14.9 Å². The fourth-order valence-electron chi connectivity index (χ4n) is 1.60. The Kier molecular flexibility index (Phi) is 3.51. The number of amides is 1. The molecule has 0 aliphatic carbocycles. The van der Waals surface area contributed by atoms with E-state index >= 15 is 0 Å². The Morgan fingerprint density at radius 3 is 2.89 bits per heavy atom. The van der Waals surface area contributed by atoms with E-state index in [4.69, 9.17) is 0 Å². The van der Waals surface area contributed by atoms with Crippen molar-refractivity contribution >= 4 is 11.6 Å². The molecule has 2 rings (SSSR count). The van der Waals surface area contributed by atoms with Gasteiger partial charge in [0.2, 0.25) is 0 Å². The topological polar surface area (TPSA) is 103 Å². The summed E-state index contributed by atoms with van der Waals surface area (Å²) in [7, 11) is 0. The molecule has 0 radical (unpaired) electrons. The van der Waals surface area contributed by atoms with Gasteiger partial charge in [0.15, 0.2) is 0 Å². The number of nitrogens with one attached hydrogen (secondary N) is 1. The molecule has 1 aromatic carbocycles. The molecule has 0 bridgehead atoms. The van der Waals surface area contributed by atoms with Crippen LogP contribution < -0.4 is 5.32 Å². The van der Waals surface area contributed by atoms with Crippen LogP contribution in [0.2, 0.25) is 0 Å². The molecule has 0 aliphatic heterocycles. The number of hydrogen-bond acceptors (Lipinski definition) is 5. The molecule has 2 aromatic rings. The molecule has 0 spiro atoms. The molecule has 1 amide bonds. The van der Waals surface area contributed by atoms with Crippen LogP contribution in [0, 0.1) is 10.1 Å². The van der Waals surface area contributed by atoms with Crippen LogP contribution in [0.25, 0.3) is 5.69 Å². The van der Waals surface area contributed by atoms with Crippen molar-refractivity contribution in [1.82, 2.24) is 20.1 Å². The van der Waals surface area contributed by atoms with Crippen LogP contribution >= 0.6 is 0 Å². The zero-order chi connectivity index (χ0) is 13.8. The van der Waals surface area contributed by atoms with Gasteiger partial charge in [-0.05, 0) is 19.1 Å². The molecule has 19 heavy (non-hydrogen) atoms. The lowest BCUT2D eigenvalue weighted by atomic mass is 10.1. The minimum absolute atomic E-state index is 0.200. The third-order valence-corrected chi connectivity index (χ3v) is 2.44. The maximum absolute atomic E-state index is 11.6. The van der Waals surface area contributed by atoms with E-state index in [-0.39, 0.29) is 22.8 Å². The van der Waals surface area contributed by atoms with Crippen LogP contribution in [0.15, 0.2) is 30.9 Å². The van der Waals surface area contributed by atoms with E-state index in [0.29, 0.717) is 6.54 Å². The third-order valence-electron chi connectivity index (χ3n) is 2.44. The molecular formula is C11H11N5O3. The van der Waals surface area contributed by atoms with Crippen molar-refractivity contribution in [3.8, 4) is 5.69 Å². The highest BCUT2D eigenvalue weighted by atomic mass is 16.6. The van der Waals surface area contributed by atoms with Gasteiger partial charge >= 0.3 is 0 Å². The zero-order valence-corrected chi connectivity index (χ0v) is 10.1. The lowest BCUT2D eigenvalue weighted by Gasteiger charge is -2.05. The van der Waals surface area contributed by atoms with E-state index < -0.39 is 4.92 Å². The smallest absolute Gasteiger partial charge is 0.295 e. The van der Waals surface area contributed by atoms with Crippen molar-refractivity contribution in [2.45, 2.75) is 6.92 Å². The SMILES string of the molecule is CCNC(=O)c1ccc(-n2cncn2)c([N+](=O)[O-])c1. The number of benzene rings is 1. The van der Waals surface area contributed by atoms with E-state index in [9.17, 15) is 14.9 Å². The van der Waals surface area contributed by atoms with Crippen molar-refractivity contribution in [3.05, 3.63) is 46.5 Å². The number of nitro benzene ring substituents is 1. The lowest BCUT2D eigenvalue weighted by Crippen LogP contribution is -2.22. The summed E-state index contributed by atoms with van der Waals surface area (Å²) >= 11 is 0. The van der Waals surface area contributed by atoms with Gasteiger partial charge in [0.25, 0.3) is 11.6 Å². The Labute approximate surface area is 108 Å². The third kappa shape index (κ3) is 2.57. The molecule has 1 heterocycles. The highest BCUT2D eigenvalue weighted by Gasteiger charge is 2.19. The summed E-state index contributed by atoms with van der Waals surface area (Å²) in [6, 6.07) is 4.20. The minimum Gasteiger partial charge on any atom is -0.352 e. The summed E-state index contributed by atoms with van der Waals surface area (Å²) in [6.45, 7) is 2.23. The van der Waals surface area contributed by atoms with Gasteiger partial charge in [0.1, 0.15) is 18.3 Å². The van der Waals surface area contributed by atoms with Crippen molar-refractivity contribution in [1.29, 1.82) is 0 Å². The molecule has 0 aliphatic rings. The van der Waals surface area contributed by atoms with Gasteiger partial charge in [-0.1, -0.05) is 0 Å². The molecule has 1 N–H and O–H groups in total. The van der Waals surface area contributed by atoms with E-state index in [1.54, 1.807) is 6.92 Å². The summed E-state index contributed by atoms with van der Waals surface area (Å²) < 4.78 is 1.28. The average molecular weight is 261 g/mol. The lowest BCUT2D eigenvalue weighted by molar-refractivity contribution is -0.384. The molecule has 8 nitrogen and oxygen atoms in total. The Bertz CT molecular complexity index is 609. The normalized spacial score (nSPS) is 10.2. The first-order valence-corrected chi connectivity index (χ1v) is 5.55. The number of nitro groups is 1. The summed E-state index contributed by atoms with van der Waals surface area (Å²) in [5, 5.41) is 17.5. The number of rotatable bonds is 4. The molecule has 1 aromatic heterocycles. The first-order chi connectivity index (χ1) is 9.13. The number of carbonyl (C=O) groups is 1. The number of hydrogen-bond donors (Lipinski definition) is 1. The fraction of sp³-hybridized carbons (Fsp3) is 0.182. The van der Waals surface area contributed by atoms with Crippen molar-refractivity contribution in [3.63, 3.8) is 0 Å². The van der Waals surface area contributed by atoms with Crippen LogP contribution in [0.4, 0.5) is 5.69 Å². The predicted octanol–water partition coefficient (Wildman–Crippen LogP) is 0.925. The van der Waals surface area contributed by atoms with E-state index in [2.05, 4.69) is 15.4 Å². The molecule has 98 valence electrons. The molecule has 0 saturated heterocycles. The summed E-state index contributed by atoms with van der Waals surface area (Å²) in [5.74, 6) is -0.351. The largest absolute Gasteiger partial charge is 0.352 e. The second-order valence-electron chi connectivity index (χ2n) is 3.66. The van der Waals surface area contributed by atoms with Gasteiger partial charge in [0, 0.05) is 18.2 Å². The van der Waals surface area contributed by atoms with Gasteiger partial charge < -0.3 is 5.32 Å². The van der Waals surface area contributed by atoms with Gasteiger partial charge in [0.05, 0.1) is 4.92 Å². The van der Waals surface area contributed by atoms with E-state index in [1.807, 2.05) is 0 Å². The van der Waals surface area contributed by atoms with Crippen LogP contribution in [0.5, 0.6) is 0 Å². The fourth-order valence-corrected chi connectivity index (χ4v) is 1.60. The first-order valence-electron chi connectivity index (χ1n) is 5.55. The van der Waals surface area contributed by atoms with Gasteiger partial charge in [-0.15, -0.1) is 0 Å². The minimum atomic E-state index is -0.556. The second-order valence-corrected chi connectivity index (χ2v) is 3.66. The molecule has 8 heteroatoms. The molecule has 0 saturated carbocycles.